The molecular weight excluding hydrogens is 315 g/mol. The molecule has 2 heterocycles. The topological polar surface area (TPSA) is 79.5 Å². The smallest absolute Gasteiger partial charge is 0.249 e. The van der Waals surface area contributed by atoms with Crippen LogP contribution < -0.4 is 0 Å². The number of likely N-dealkylation sites (tertiary alicyclic amines) is 1. The Kier molecular flexibility index (Phi) is 3.80. The molecule has 0 spiro atoms. The van der Waals surface area contributed by atoms with Gasteiger partial charge in [-0.15, -0.1) is 0 Å². The molecule has 0 bridgehead atoms. The van der Waals surface area contributed by atoms with E-state index in [4.69, 9.17) is 4.52 Å². The second-order valence-electron chi connectivity index (χ2n) is 5.29. The molecule has 122 valence electrons. The van der Waals surface area contributed by atoms with Crippen molar-refractivity contribution >= 4 is 5.91 Å². The van der Waals surface area contributed by atoms with E-state index in [2.05, 4.69) is 10.1 Å². The van der Waals surface area contributed by atoms with Gasteiger partial charge < -0.3 is 14.5 Å². The van der Waals surface area contributed by atoms with Crippen molar-refractivity contribution in [2.24, 2.45) is 0 Å². The molecule has 1 aliphatic heterocycles. The Morgan fingerprint density at radius 3 is 2.61 bits per heavy atom. The predicted molar refractivity (Wildman–Crippen MR) is 70.4 cm³/mol. The van der Waals surface area contributed by atoms with Crippen LogP contribution in [0.3, 0.4) is 0 Å². The van der Waals surface area contributed by atoms with Crippen LogP contribution >= 0.6 is 0 Å². The molecular formula is C14H12F3N3O3. The van der Waals surface area contributed by atoms with Gasteiger partial charge in [-0.1, -0.05) is 5.16 Å². The third-order valence-corrected chi connectivity index (χ3v) is 3.65. The number of amides is 1. The SMILES string of the molecule is CC(=O)N1C[C@H](O)C[C@H]1c1nc(-c2cc(F)c(F)c(F)c2)no1. The molecule has 1 aromatic heterocycles. The maximum atomic E-state index is 13.3. The van der Waals surface area contributed by atoms with Gasteiger partial charge in [-0.25, -0.2) is 13.2 Å². The fourth-order valence-electron chi connectivity index (χ4n) is 2.57. The van der Waals surface area contributed by atoms with Crippen molar-refractivity contribution in [3.05, 3.63) is 35.5 Å². The van der Waals surface area contributed by atoms with Crippen LogP contribution in [0.15, 0.2) is 16.7 Å². The van der Waals surface area contributed by atoms with Crippen molar-refractivity contribution in [1.29, 1.82) is 0 Å². The number of hydrogen-bond acceptors (Lipinski definition) is 5. The first kappa shape index (κ1) is 15.5. The van der Waals surface area contributed by atoms with Crippen molar-refractivity contribution < 1.29 is 27.6 Å². The molecule has 3 rings (SSSR count). The van der Waals surface area contributed by atoms with Crippen molar-refractivity contribution in [1.82, 2.24) is 15.0 Å². The van der Waals surface area contributed by atoms with E-state index in [0.29, 0.717) is 0 Å². The van der Waals surface area contributed by atoms with E-state index >= 15 is 0 Å². The number of benzene rings is 1. The third-order valence-electron chi connectivity index (χ3n) is 3.65. The van der Waals surface area contributed by atoms with E-state index in [9.17, 15) is 23.1 Å². The van der Waals surface area contributed by atoms with E-state index < -0.39 is 29.6 Å². The highest BCUT2D eigenvalue weighted by Crippen LogP contribution is 2.32. The minimum atomic E-state index is -1.58. The van der Waals surface area contributed by atoms with Crippen molar-refractivity contribution in [3.63, 3.8) is 0 Å². The molecule has 2 aromatic rings. The Bertz CT molecular complexity index is 742. The Hall–Kier alpha value is -2.42. The fourth-order valence-corrected chi connectivity index (χ4v) is 2.57. The molecule has 23 heavy (non-hydrogen) atoms. The molecule has 6 nitrogen and oxygen atoms in total. The zero-order valence-electron chi connectivity index (χ0n) is 12.0. The monoisotopic (exact) mass is 327 g/mol. The third kappa shape index (κ3) is 2.79. The molecule has 0 unspecified atom stereocenters. The van der Waals surface area contributed by atoms with Gasteiger partial charge in [0.15, 0.2) is 17.5 Å². The van der Waals surface area contributed by atoms with Crippen LogP contribution in [0.5, 0.6) is 0 Å². The molecule has 1 aromatic carbocycles. The normalized spacial score (nSPS) is 21.0. The van der Waals surface area contributed by atoms with Crippen LogP contribution in [-0.2, 0) is 4.79 Å². The summed E-state index contributed by atoms with van der Waals surface area (Å²) in [4.78, 5) is 16.9. The van der Waals surface area contributed by atoms with Crippen LogP contribution in [0, 0.1) is 17.5 Å². The maximum absolute atomic E-state index is 13.3. The lowest BCUT2D eigenvalue weighted by Gasteiger charge is -2.19. The Labute approximate surface area is 128 Å². The second kappa shape index (κ2) is 5.65. The summed E-state index contributed by atoms with van der Waals surface area (Å²) in [6.07, 6.45) is -0.507. The van der Waals surface area contributed by atoms with Crippen molar-refractivity contribution in [3.8, 4) is 11.4 Å². The van der Waals surface area contributed by atoms with Crippen LogP contribution in [-0.4, -0.2) is 38.7 Å². The summed E-state index contributed by atoms with van der Waals surface area (Å²) in [6, 6.07) is 0.886. The van der Waals surface area contributed by atoms with Crippen LogP contribution in [0.4, 0.5) is 13.2 Å². The lowest BCUT2D eigenvalue weighted by molar-refractivity contribution is -0.130. The number of rotatable bonds is 2. The van der Waals surface area contributed by atoms with E-state index in [-0.39, 0.29) is 36.2 Å². The average molecular weight is 327 g/mol. The van der Waals surface area contributed by atoms with Crippen molar-refractivity contribution in [2.45, 2.75) is 25.5 Å². The van der Waals surface area contributed by atoms with E-state index in [1.54, 1.807) is 0 Å². The molecule has 1 amide bonds. The fraction of sp³-hybridized carbons (Fsp3) is 0.357. The largest absolute Gasteiger partial charge is 0.391 e. The minimum absolute atomic E-state index is 0.0388. The summed E-state index contributed by atoms with van der Waals surface area (Å²) in [7, 11) is 0. The summed E-state index contributed by atoms with van der Waals surface area (Å²) in [5.74, 6) is -4.69. The van der Waals surface area contributed by atoms with Gasteiger partial charge in [-0.3, -0.25) is 4.79 Å². The van der Waals surface area contributed by atoms with Crippen molar-refractivity contribution in [2.75, 3.05) is 6.54 Å². The number of aromatic nitrogens is 2. The van der Waals surface area contributed by atoms with E-state index in [1.807, 2.05) is 0 Å². The summed E-state index contributed by atoms with van der Waals surface area (Å²) in [5.41, 5.74) is -0.0932. The van der Waals surface area contributed by atoms with Gasteiger partial charge in [-0.2, -0.15) is 4.98 Å². The van der Waals surface area contributed by atoms with Crippen LogP contribution in [0.2, 0.25) is 0 Å². The number of nitrogens with zero attached hydrogens (tertiary/aromatic N) is 3. The molecule has 0 saturated carbocycles. The Morgan fingerprint density at radius 2 is 2.00 bits per heavy atom. The van der Waals surface area contributed by atoms with Gasteiger partial charge in [-0.05, 0) is 12.1 Å². The highest BCUT2D eigenvalue weighted by Gasteiger charge is 2.37. The molecule has 1 N–H and O–H groups in total. The number of carbonyl (C=O) groups is 1. The Balaban J connectivity index is 1.93. The molecule has 1 fully saturated rings. The zero-order valence-corrected chi connectivity index (χ0v) is 12.0. The maximum Gasteiger partial charge on any atom is 0.249 e. The summed E-state index contributed by atoms with van der Waals surface area (Å²) in [5, 5.41) is 13.3. The standard InChI is InChI=1S/C14H12F3N3O3/c1-6(21)20-5-8(22)4-11(20)14-18-13(19-23-14)7-2-9(15)12(17)10(16)3-7/h2-3,8,11,22H,4-5H2,1H3/t8-,11+/m1/s1. The first-order valence-corrected chi connectivity index (χ1v) is 6.80. The second-order valence-corrected chi connectivity index (χ2v) is 5.29. The summed E-state index contributed by atoms with van der Waals surface area (Å²) < 4.78 is 44.5. The number of carbonyl (C=O) groups excluding carboxylic acids is 1. The molecule has 1 aliphatic rings. The summed E-state index contributed by atoms with van der Waals surface area (Å²) >= 11 is 0. The molecule has 0 aliphatic carbocycles. The molecule has 2 atom stereocenters. The lowest BCUT2D eigenvalue weighted by atomic mass is 10.2. The number of halogens is 3. The predicted octanol–water partition coefficient (Wildman–Crippen LogP) is 1.81. The van der Waals surface area contributed by atoms with E-state index in [0.717, 1.165) is 12.1 Å². The van der Waals surface area contributed by atoms with Gasteiger partial charge in [0.2, 0.25) is 17.6 Å². The average Bonchev–Trinajstić information content (AvgIpc) is 3.10. The van der Waals surface area contributed by atoms with Gasteiger partial charge in [0.1, 0.15) is 6.04 Å². The zero-order chi connectivity index (χ0) is 16.7. The quantitative estimate of drug-likeness (QED) is 0.851. The summed E-state index contributed by atoms with van der Waals surface area (Å²) in [6.45, 7) is 1.48. The van der Waals surface area contributed by atoms with Gasteiger partial charge >= 0.3 is 0 Å². The van der Waals surface area contributed by atoms with E-state index in [1.165, 1.54) is 11.8 Å². The highest BCUT2D eigenvalue weighted by molar-refractivity contribution is 5.74. The van der Waals surface area contributed by atoms with Crippen LogP contribution in [0.1, 0.15) is 25.3 Å². The lowest BCUT2D eigenvalue weighted by Crippen LogP contribution is -2.29. The Morgan fingerprint density at radius 1 is 1.35 bits per heavy atom. The van der Waals surface area contributed by atoms with Crippen LogP contribution in [0.25, 0.3) is 11.4 Å². The molecule has 9 heteroatoms. The van der Waals surface area contributed by atoms with Gasteiger partial charge in [0.05, 0.1) is 6.10 Å². The minimum Gasteiger partial charge on any atom is -0.391 e. The van der Waals surface area contributed by atoms with Gasteiger partial charge in [0, 0.05) is 25.5 Å². The molecule has 0 radical (unpaired) electrons. The molecule has 1 saturated heterocycles. The first-order valence-electron chi connectivity index (χ1n) is 6.80. The number of hydrogen-bond donors (Lipinski definition) is 1. The number of β-amino-alcohol motifs (C(OH)–C–C–N with tert-alkyl or cyclic N) is 1. The number of aliphatic hydroxyl groups is 1. The van der Waals surface area contributed by atoms with Gasteiger partial charge in [0.25, 0.3) is 0 Å². The first-order chi connectivity index (χ1) is 10.9. The highest BCUT2D eigenvalue weighted by atomic mass is 19.2. The number of aliphatic hydroxyl groups excluding tert-OH is 1.